The molecule has 1 aliphatic rings. The van der Waals surface area contributed by atoms with E-state index in [0.717, 1.165) is 5.56 Å². The fourth-order valence-corrected chi connectivity index (χ4v) is 4.26. The highest BCUT2D eigenvalue weighted by atomic mass is 35.5. The minimum absolute atomic E-state index is 0.0620. The summed E-state index contributed by atoms with van der Waals surface area (Å²) in [7, 11) is 1.34. The van der Waals surface area contributed by atoms with Crippen LogP contribution in [0.15, 0.2) is 72.8 Å². The zero-order valence-electron chi connectivity index (χ0n) is 19.4. The second-order valence-electron chi connectivity index (χ2n) is 8.37. The van der Waals surface area contributed by atoms with Gasteiger partial charge in [0.05, 0.1) is 13.2 Å². The van der Waals surface area contributed by atoms with Gasteiger partial charge in [-0.15, -0.1) is 0 Å². The fraction of sp³-hybridized carbons (Fsp3) is 0.231. The molecule has 0 spiro atoms. The Kier molecular flexibility index (Phi) is 7.33. The summed E-state index contributed by atoms with van der Waals surface area (Å²) in [5, 5.41) is 15.2. The minimum Gasteiger partial charge on any atom is -0.493 e. The van der Waals surface area contributed by atoms with Crippen molar-refractivity contribution in [3.8, 4) is 11.5 Å². The van der Waals surface area contributed by atoms with Gasteiger partial charge in [-0.25, -0.2) is 4.79 Å². The zero-order chi connectivity index (χ0) is 26.8. The van der Waals surface area contributed by atoms with Crippen LogP contribution in [0.5, 0.6) is 11.5 Å². The van der Waals surface area contributed by atoms with Crippen molar-refractivity contribution in [3.63, 3.8) is 0 Å². The standard InChI is InChI=1S/C26H22ClF3N2O5/c1-36-20-13-17(9-12-19(20)37-14-15-7-10-18(27)11-8-15)22-21(23(33)16-5-3-2-4-6-16)25(35,26(28,29)30)32-24(34)31-22/h2-13,21-22,35H,14H2,1H3,(H2,31,32,34)/t21-,22-,25+/m0/s1. The number of aliphatic hydroxyl groups is 1. The van der Waals surface area contributed by atoms with Crippen molar-refractivity contribution in [1.29, 1.82) is 0 Å². The van der Waals surface area contributed by atoms with Gasteiger partial charge >= 0.3 is 12.2 Å². The summed E-state index contributed by atoms with van der Waals surface area (Å²) in [5.74, 6) is -2.74. The first-order chi connectivity index (χ1) is 17.5. The number of rotatable bonds is 7. The molecule has 1 saturated heterocycles. The van der Waals surface area contributed by atoms with Crippen LogP contribution in [0.2, 0.25) is 5.02 Å². The molecular formula is C26H22ClF3N2O5. The average molecular weight is 535 g/mol. The Morgan fingerprint density at radius 1 is 1.05 bits per heavy atom. The molecule has 7 nitrogen and oxygen atoms in total. The molecule has 0 aliphatic carbocycles. The lowest BCUT2D eigenvalue weighted by atomic mass is 9.77. The first-order valence-electron chi connectivity index (χ1n) is 11.1. The molecule has 1 fully saturated rings. The van der Waals surface area contributed by atoms with E-state index in [-0.39, 0.29) is 29.2 Å². The molecule has 1 aliphatic heterocycles. The maximum absolute atomic E-state index is 14.1. The zero-order valence-corrected chi connectivity index (χ0v) is 20.1. The largest absolute Gasteiger partial charge is 0.493 e. The van der Waals surface area contributed by atoms with E-state index < -0.39 is 35.7 Å². The van der Waals surface area contributed by atoms with Crippen molar-refractivity contribution >= 4 is 23.4 Å². The first-order valence-corrected chi connectivity index (χ1v) is 11.4. The molecule has 0 saturated carbocycles. The predicted octanol–water partition coefficient (Wildman–Crippen LogP) is 5.03. The van der Waals surface area contributed by atoms with Crippen LogP contribution in [0.4, 0.5) is 18.0 Å². The van der Waals surface area contributed by atoms with Crippen LogP contribution in [0, 0.1) is 5.92 Å². The van der Waals surface area contributed by atoms with Gasteiger partial charge in [0.1, 0.15) is 12.5 Å². The lowest BCUT2D eigenvalue weighted by Gasteiger charge is -2.45. The highest BCUT2D eigenvalue weighted by Crippen LogP contribution is 2.45. The van der Waals surface area contributed by atoms with Crippen LogP contribution in [-0.4, -0.2) is 35.9 Å². The number of alkyl halides is 3. The number of carbonyl (C=O) groups excluding carboxylic acids is 2. The van der Waals surface area contributed by atoms with Crippen molar-refractivity contribution in [1.82, 2.24) is 10.6 Å². The molecule has 0 aromatic heterocycles. The van der Waals surface area contributed by atoms with Crippen LogP contribution in [0.1, 0.15) is 27.5 Å². The number of Topliss-reactive ketones (excluding diaryl/α,β-unsaturated/α-hetero) is 1. The maximum Gasteiger partial charge on any atom is 0.437 e. The van der Waals surface area contributed by atoms with Crippen molar-refractivity contribution in [2.45, 2.75) is 24.6 Å². The van der Waals surface area contributed by atoms with E-state index in [1.807, 2.05) is 0 Å². The Morgan fingerprint density at radius 3 is 2.35 bits per heavy atom. The number of hydrogen-bond acceptors (Lipinski definition) is 5. The number of ether oxygens (including phenoxy) is 2. The van der Waals surface area contributed by atoms with Gasteiger partial charge in [0.15, 0.2) is 17.3 Å². The quantitative estimate of drug-likeness (QED) is 0.369. The summed E-state index contributed by atoms with van der Waals surface area (Å²) >= 11 is 5.89. The monoisotopic (exact) mass is 534 g/mol. The summed E-state index contributed by atoms with van der Waals surface area (Å²) < 4.78 is 53.5. The Balaban J connectivity index is 1.71. The smallest absolute Gasteiger partial charge is 0.437 e. The molecule has 3 atom stereocenters. The Bertz CT molecular complexity index is 1290. The second-order valence-corrected chi connectivity index (χ2v) is 8.81. The third-order valence-corrected chi connectivity index (χ3v) is 6.25. The van der Waals surface area contributed by atoms with Gasteiger partial charge in [0.25, 0.3) is 0 Å². The first kappa shape index (κ1) is 26.3. The molecule has 4 rings (SSSR count). The number of ketones is 1. The van der Waals surface area contributed by atoms with Crippen molar-refractivity contribution in [3.05, 3.63) is 94.5 Å². The Labute approximate surface area is 215 Å². The van der Waals surface area contributed by atoms with Crippen LogP contribution in [0.25, 0.3) is 0 Å². The van der Waals surface area contributed by atoms with Crippen LogP contribution in [-0.2, 0) is 6.61 Å². The van der Waals surface area contributed by atoms with Gasteiger partial charge in [0, 0.05) is 10.6 Å². The Morgan fingerprint density at radius 2 is 1.73 bits per heavy atom. The molecule has 3 aromatic carbocycles. The van der Waals surface area contributed by atoms with Crippen LogP contribution < -0.4 is 20.1 Å². The van der Waals surface area contributed by atoms with Crippen LogP contribution in [0.3, 0.4) is 0 Å². The number of nitrogens with one attached hydrogen (secondary N) is 2. The second kappa shape index (κ2) is 10.3. The number of amides is 2. The molecule has 2 amide bonds. The molecule has 1 heterocycles. The van der Waals surface area contributed by atoms with Crippen molar-refractivity contribution in [2.75, 3.05) is 7.11 Å². The molecule has 11 heteroatoms. The SMILES string of the molecule is COc1cc([C@@H]2NC(=O)N[C@](O)(C(F)(F)F)[C@@H]2C(=O)c2ccccc2)ccc1OCc1ccc(Cl)cc1. The molecule has 37 heavy (non-hydrogen) atoms. The van der Waals surface area contributed by atoms with Gasteiger partial charge < -0.3 is 25.2 Å². The third kappa shape index (κ3) is 5.35. The molecular weight excluding hydrogens is 513 g/mol. The number of halogens is 4. The van der Waals surface area contributed by atoms with Crippen LogP contribution >= 0.6 is 11.6 Å². The average Bonchev–Trinajstić information content (AvgIpc) is 2.87. The van der Waals surface area contributed by atoms with Gasteiger partial charge in [-0.1, -0.05) is 60.1 Å². The molecule has 0 radical (unpaired) electrons. The van der Waals surface area contributed by atoms with E-state index in [9.17, 15) is 27.9 Å². The van der Waals surface area contributed by atoms with Gasteiger partial charge in [-0.3, -0.25) is 4.79 Å². The molecule has 0 unspecified atom stereocenters. The fourth-order valence-electron chi connectivity index (χ4n) is 4.14. The topological polar surface area (TPSA) is 96.9 Å². The number of methoxy groups -OCH3 is 1. The Hall–Kier alpha value is -3.76. The minimum atomic E-state index is -5.36. The highest BCUT2D eigenvalue weighted by molar-refractivity contribution is 6.30. The normalized spacial score (nSPS) is 21.5. The highest BCUT2D eigenvalue weighted by Gasteiger charge is 2.66. The number of carbonyl (C=O) groups is 2. The molecule has 0 bridgehead atoms. The summed E-state index contributed by atoms with van der Waals surface area (Å²) in [5.41, 5.74) is -2.98. The number of benzene rings is 3. The van der Waals surface area contributed by atoms with Gasteiger partial charge in [-0.2, -0.15) is 13.2 Å². The van der Waals surface area contributed by atoms with Gasteiger partial charge in [0.2, 0.25) is 5.72 Å². The summed E-state index contributed by atoms with van der Waals surface area (Å²) in [4.78, 5) is 25.6. The molecule has 3 N–H and O–H groups in total. The lowest BCUT2D eigenvalue weighted by molar-refractivity contribution is -0.287. The van der Waals surface area contributed by atoms with E-state index in [4.69, 9.17) is 21.1 Å². The van der Waals surface area contributed by atoms with Crippen molar-refractivity contribution < 1.29 is 37.3 Å². The summed E-state index contributed by atoms with van der Waals surface area (Å²) in [6, 6.07) is 15.5. The van der Waals surface area contributed by atoms with Crippen molar-refractivity contribution in [2.24, 2.45) is 5.92 Å². The van der Waals surface area contributed by atoms with E-state index >= 15 is 0 Å². The van der Waals surface area contributed by atoms with E-state index in [1.54, 1.807) is 30.3 Å². The molecule has 3 aromatic rings. The van der Waals surface area contributed by atoms with Gasteiger partial charge in [-0.05, 0) is 35.4 Å². The number of urea groups is 1. The van der Waals surface area contributed by atoms with E-state index in [2.05, 4.69) is 5.32 Å². The number of hydrogen-bond donors (Lipinski definition) is 3. The summed E-state index contributed by atoms with van der Waals surface area (Å²) in [6.45, 7) is 0.153. The maximum atomic E-state index is 14.1. The molecule has 194 valence electrons. The van der Waals surface area contributed by atoms with E-state index in [0.29, 0.717) is 5.02 Å². The predicted molar refractivity (Wildman–Crippen MR) is 128 cm³/mol. The lowest BCUT2D eigenvalue weighted by Crippen LogP contribution is -2.72. The summed E-state index contributed by atoms with van der Waals surface area (Å²) in [6.07, 6.45) is -5.36. The van der Waals surface area contributed by atoms with E-state index in [1.165, 1.54) is 54.9 Å². The third-order valence-electron chi connectivity index (χ3n) is 6.00.